The molecule has 7 rings (SSSR count). The molecule has 1 unspecified atom stereocenters. The third-order valence-electron chi connectivity index (χ3n) is 8.40. The molecule has 5 heterocycles. The third kappa shape index (κ3) is 4.50. The minimum Gasteiger partial charge on any atom is -0.378 e. The molecule has 0 bridgehead atoms. The minimum atomic E-state index is -1.15. The molecule has 1 aliphatic carbocycles. The van der Waals surface area contributed by atoms with Crippen molar-refractivity contribution in [2.24, 2.45) is 24.8 Å². The fourth-order valence-corrected chi connectivity index (χ4v) is 6.13. The van der Waals surface area contributed by atoms with Gasteiger partial charge in [-0.15, -0.1) is 0 Å². The summed E-state index contributed by atoms with van der Waals surface area (Å²) >= 11 is 0. The first-order chi connectivity index (χ1) is 20.0. The largest absolute Gasteiger partial charge is 0.378 e. The van der Waals surface area contributed by atoms with Crippen LogP contribution < -0.4 is 10.2 Å². The zero-order chi connectivity index (χ0) is 28.1. The molecule has 1 aliphatic heterocycles. The molecule has 5 aromatic rings. The van der Waals surface area contributed by atoms with Gasteiger partial charge >= 0.3 is 0 Å². The van der Waals surface area contributed by atoms with Gasteiger partial charge in [0.05, 0.1) is 23.5 Å². The number of aliphatic hydroxyl groups excluding tert-OH is 1. The maximum Gasteiger partial charge on any atom is 0.253 e. The van der Waals surface area contributed by atoms with Crippen molar-refractivity contribution in [2.45, 2.75) is 6.10 Å². The van der Waals surface area contributed by atoms with E-state index in [1.165, 1.54) is 0 Å². The predicted molar refractivity (Wildman–Crippen MR) is 152 cm³/mol. The molecule has 10 nitrogen and oxygen atoms in total. The number of nitriles is 1. The lowest BCUT2D eigenvalue weighted by atomic mass is 10.0. The molecule has 4 atom stereocenters. The summed E-state index contributed by atoms with van der Waals surface area (Å²) in [6.07, 6.45) is 7.97. The van der Waals surface area contributed by atoms with Crippen molar-refractivity contribution in [3.63, 3.8) is 0 Å². The van der Waals surface area contributed by atoms with E-state index in [1.807, 2.05) is 62.2 Å². The highest BCUT2D eigenvalue weighted by atomic mass is 16.3. The number of carbonyl (C=O) groups is 1. The maximum absolute atomic E-state index is 12.4. The van der Waals surface area contributed by atoms with Crippen LogP contribution in [0.2, 0.25) is 0 Å². The van der Waals surface area contributed by atoms with Crippen LogP contribution in [0.25, 0.3) is 27.8 Å². The van der Waals surface area contributed by atoms with Gasteiger partial charge in [-0.25, -0.2) is 9.50 Å². The Hall–Kier alpha value is -5.01. The highest BCUT2D eigenvalue weighted by molar-refractivity contribution is 5.87. The Balaban J connectivity index is 1.03. The first kappa shape index (κ1) is 25.0. The highest BCUT2D eigenvalue weighted by Crippen LogP contribution is 2.52. The monoisotopic (exact) mass is 544 g/mol. The molecule has 10 heteroatoms. The molecule has 0 radical (unpaired) electrons. The number of pyridine rings is 2. The van der Waals surface area contributed by atoms with Crippen molar-refractivity contribution in [1.82, 2.24) is 29.7 Å². The van der Waals surface area contributed by atoms with Gasteiger partial charge in [0.25, 0.3) is 5.91 Å². The molecule has 2 fully saturated rings. The second-order valence-electron chi connectivity index (χ2n) is 10.9. The first-order valence-corrected chi connectivity index (χ1v) is 13.6. The van der Waals surface area contributed by atoms with E-state index in [1.54, 1.807) is 27.5 Å². The normalized spacial score (nSPS) is 20.0. The number of anilines is 1. The van der Waals surface area contributed by atoms with Gasteiger partial charge in [0, 0.05) is 67.5 Å². The highest BCUT2D eigenvalue weighted by Gasteiger charge is 2.55. The summed E-state index contributed by atoms with van der Waals surface area (Å²) in [5.41, 5.74) is 5.57. The average molecular weight is 545 g/mol. The molecule has 1 aromatic carbocycles. The number of piperidine rings is 1. The quantitative estimate of drug-likeness (QED) is 0.322. The van der Waals surface area contributed by atoms with E-state index < -0.39 is 6.10 Å². The van der Waals surface area contributed by atoms with E-state index in [2.05, 4.69) is 32.5 Å². The van der Waals surface area contributed by atoms with Crippen molar-refractivity contribution in [3.05, 3.63) is 90.6 Å². The Morgan fingerprint density at radius 1 is 1.05 bits per heavy atom. The molecular weight excluding hydrogens is 516 g/mol. The van der Waals surface area contributed by atoms with Gasteiger partial charge in [-0.1, -0.05) is 30.3 Å². The second kappa shape index (κ2) is 9.87. The SMILES string of the molecule is Cn1cc(-c2cc(-c3ccc(N4C[C@@H]5[C@@H](CNC(=O)C(O)c6ccccc6)[C@@H]5C4)nc3)c3c(C#N)cnn3c2)cn1. The van der Waals surface area contributed by atoms with Gasteiger partial charge in [0.1, 0.15) is 11.9 Å². The number of rotatable bonds is 7. The van der Waals surface area contributed by atoms with Crippen LogP contribution in [0, 0.1) is 29.1 Å². The summed E-state index contributed by atoms with van der Waals surface area (Å²) in [5, 5.41) is 31.7. The molecule has 1 saturated heterocycles. The molecular formula is C31H28N8O2. The van der Waals surface area contributed by atoms with Gasteiger partial charge in [-0.2, -0.15) is 15.5 Å². The Morgan fingerprint density at radius 3 is 2.54 bits per heavy atom. The second-order valence-corrected chi connectivity index (χ2v) is 10.9. The Morgan fingerprint density at radius 2 is 1.85 bits per heavy atom. The number of aromatic nitrogens is 5. The van der Waals surface area contributed by atoms with Gasteiger partial charge in [-0.05, 0) is 41.5 Å². The van der Waals surface area contributed by atoms with Crippen molar-refractivity contribution < 1.29 is 9.90 Å². The maximum atomic E-state index is 12.4. The van der Waals surface area contributed by atoms with E-state index in [0.29, 0.717) is 35.4 Å². The van der Waals surface area contributed by atoms with Crippen LogP contribution in [0.5, 0.6) is 0 Å². The molecule has 1 amide bonds. The topological polar surface area (TPSA) is 124 Å². The fraction of sp³-hybridized carbons (Fsp3) is 0.258. The van der Waals surface area contributed by atoms with Gasteiger partial charge in [0.2, 0.25) is 0 Å². The van der Waals surface area contributed by atoms with Gasteiger partial charge in [0.15, 0.2) is 6.10 Å². The van der Waals surface area contributed by atoms with E-state index in [4.69, 9.17) is 4.98 Å². The zero-order valence-electron chi connectivity index (χ0n) is 22.4. The lowest BCUT2D eigenvalue weighted by Crippen LogP contribution is -2.33. The summed E-state index contributed by atoms with van der Waals surface area (Å²) in [6.45, 7) is 2.36. The minimum absolute atomic E-state index is 0.352. The number of aryl methyl sites for hydroxylation is 1. The molecule has 4 aromatic heterocycles. The van der Waals surface area contributed by atoms with Crippen LogP contribution in [0.1, 0.15) is 17.2 Å². The summed E-state index contributed by atoms with van der Waals surface area (Å²) in [4.78, 5) is 19.5. The molecule has 2 aliphatic rings. The predicted octanol–water partition coefficient (Wildman–Crippen LogP) is 3.20. The van der Waals surface area contributed by atoms with Crippen LogP contribution in [-0.2, 0) is 11.8 Å². The van der Waals surface area contributed by atoms with E-state index in [-0.39, 0.29) is 5.91 Å². The van der Waals surface area contributed by atoms with E-state index in [9.17, 15) is 15.2 Å². The first-order valence-electron chi connectivity index (χ1n) is 13.6. The number of fused-ring (bicyclic) bond motifs is 2. The standard InChI is InChI=1S/C31H28N8O2/c1-37-15-23(13-35-37)21-9-24(29-22(10-32)12-36-39(29)16-21)20-7-8-28(33-11-20)38-17-26-25(27(26)18-38)14-34-31(41)30(40)19-5-3-2-4-6-19/h2-9,11-13,15-16,25-27,30,40H,14,17-18H2,1H3,(H,34,41)/t25-,26-,27+,30?. The van der Waals surface area contributed by atoms with Crippen LogP contribution in [0.15, 0.2) is 79.5 Å². The molecule has 41 heavy (non-hydrogen) atoms. The van der Waals surface area contributed by atoms with Crippen LogP contribution in [0.3, 0.4) is 0 Å². The number of amides is 1. The van der Waals surface area contributed by atoms with Crippen LogP contribution >= 0.6 is 0 Å². The number of carbonyl (C=O) groups excluding carboxylic acids is 1. The van der Waals surface area contributed by atoms with E-state index in [0.717, 1.165) is 46.7 Å². The molecule has 204 valence electrons. The summed E-state index contributed by atoms with van der Waals surface area (Å²) in [7, 11) is 1.88. The lowest BCUT2D eigenvalue weighted by molar-refractivity contribution is -0.129. The number of nitrogens with one attached hydrogen (secondary N) is 1. The Labute approximate surface area is 236 Å². The van der Waals surface area contributed by atoms with E-state index >= 15 is 0 Å². The molecule has 2 N–H and O–H groups in total. The molecule has 0 spiro atoms. The third-order valence-corrected chi connectivity index (χ3v) is 8.40. The Bertz CT molecular complexity index is 1770. The number of benzene rings is 1. The van der Waals surface area contributed by atoms with Crippen molar-refractivity contribution in [2.75, 3.05) is 24.5 Å². The summed E-state index contributed by atoms with van der Waals surface area (Å²) < 4.78 is 3.50. The smallest absolute Gasteiger partial charge is 0.253 e. The number of hydrogen-bond donors (Lipinski definition) is 2. The molecule has 1 saturated carbocycles. The van der Waals surface area contributed by atoms with Crippen molar-refractivity contribution >= 4 is 17.2 Å². The summed E-state index contributed by atoms with van der Waals surface area (Å²) in [5.74, 6) is 2.00. The van der Waals surface area contributed by atoms with Crippen molar-refractivity contribution in [3.8, 4) is 28.3 Å². The zero-order valence-corrected chi connectivity index (χ0v) is 22.4. The number of hydrogen-bond acceptors (Lipinski definition) is 7. The number of nitrogens with zero attached hydrogens (tertiary/aromatic N) is 7. The summed E-state index contributed by atoms with van der Waals surface area (Å²) in [6, 6.07) is 17.4. The van der Waals surface area contributed by atoms with Gasteiger partial charge in [-0.3, -0.25) is 9.48 Å². The van der Waals surface area contributed by atoms with Crippen LogP contribution in [-0.4, -0.2) is 55.0 Å². The van der Waals surface area contributed by atoms with Crippen molar-refractivity contribution in [1.29, 1.82) is 5.26 Å². The Kier molecular flexibility index (Phi) is 6.02. The fourth-order valence-electron chi connectivity index (χ4n) is 6.13. The lowest BCUT2D eigenvalue weighted by Gasteiger charge is -2.21. The van der Waals surface area contributed by atoms with Gasteiger partial charge < -0.3 is 15.3 Å². The average Bonchev–Trinajstić information content (AvgIpc) is 3.44. The number of aliphatic hydroxyl groups is 1. The van der Waals surface area contributed by atoms with Crippen LogP contribution in [0.4, 0.5) is 5.82 Å².